The van der Waals surface area contributed by atoms with Crippen molar-refractivity contribution >= 4 is 0 Å². The molecule has 0 fully saturated rings. The fourth-order valence-corrected chi connectivity index (χ4v) is 2.37. The number of nitrogens with two attached hydrogens (primary N) is 1. The molecule has 0 bridgehead atoms. The van der Waals surface area contributed by atoms with Crippen LogP contribution in [-0.4, -0.2) is 26.4 Å². The van der Waals surface area contributed by atoms with E-state index in [0.29, 0.717) is 30.8 Å². The van der Waals surface area contributed by atoms with Gasteiger partial charge in [-0.05, 0) is 55.9 Å². The second-order valence-corrected chi connectivity index (χ2v) is 5.48. The van der Waals surface area contributed by atoms with Gasteiger partial charge in [0.2, 0.25) is 0 Å². The summed E-state index contributed by atoms with van der Waals surface area (Å²) in [6.07, 6.45) is -3.12. The molecule has 126 valence electrons. The predicted molar refractivity (Wildman–Crippen MR) is 80.5 cm³/mol. The normalized spacial score (nSPS) is 13.0. The molecule has 22 heavy (non-hydrogen) atoms. The summed E-state index contributed by atoms with van der Waals surface area (Å²) >= 11 is 0. The Morgan fingerprint density at radius 3 is 2.09 bits per heavy atom. The van der Waals surface area contributed by atoms with Crippen LogP contribution in [0.3, 0.4) is 0 Å². The first-order valence-corrected chi connectivity index (χ1v) is 7.33. The van der Waals surface area contributed by atoms with Crippen LogP contribution in [0.1, 0.15) is 37.3 Å². The van der Waals surface area contributed by atoms with Crippen molar-refractivity contribution in [2.45, 2.75) is 51.2 Å². The van der Waals surface area contributed by atoms with E-state index in [1.165, 1.54) is 0 Å². The van der Waals surface area contributed by atoms with Crippen molar-refractivity contribution in [3.05, 3.63) is 23.3 Å². The Bertz CT molecular complexity index is 473. The summed E-state index contributed by atoms with van der Waals surface area (Å²) in [5.74, 6) is 1.37. The van der Waals surface area contributed by atoms with Crippen molar-refractivity contribution in [1.29, 1.82) is 0 Å². The summed E-state index contributed by atoms with van der Waals surface area (Å²) in [4.78, 5) is 0. The lowest BCUT2D eigenvalue weighted by Crippen LogP contribution is -2.18. The van der Waals surface area contributed by atoms with Crippen LogP contribution in [-0.2, 0) is 12.8 Å². The highest BCUT2D eigenvalue weighted by Crippen LogP contribution is 2.31. The smallest absolute Gasteiger partial charge is 0.389 e. The molecule has 1 atom stereocenters. The van der Waals surface area contributed by atoms with Gasteiger partial charge in [0.25, 0.3) is 0 Å². The molecule has 2 N–H and O–H groups in total. The molecule has 0 heterocycles. The highest BCUT2D eigenvalue weighted by Gasteiger charge is 2.26. The first kappa shape index (κ1) is 18.6. The summed E-state index contributed by atoms with van der Waals surface area (Å²) in [6.45, 7) is 1.90. The third kappa shape index (κ3) is 6.13. The average molecular weight is 319 g/mol. The number of hydrogen-bond acceptors (Lipinski definition) is 3. The number of rotatable bonds is 8. The summed E-state index contributed by atoms with van der Waals surface area (Å²) in [7, 11) is 3.12. The topological polar surface area (TPSA) is 44.5 Å². The standard InChI is InChI=1S/C16H24F3NO2/c1-11(20)8-13-10-14(21-2)12(9-15(13)22-3)6-4-5-7-16(17,18)19/h9-11H,4-8,20H2,1-3H3. The number of unbranched alkanes of at least 4 members (excludes halogenated alkanes) is 1. The molecule has 0 saturated heterocycles. The van der Waals surface area contributed by atoms with Gasteiger partial charge >= 0.3 is 6.18 Å². The number of benzene rings is 1. The number of ether oxygens (including phenoxy) is 2. The highest BCUT2D eigenvalue weighted by molar-refractivity contribution is 5.47. The van der Waals surface area contributed by atoms with E-state index >= 15 is 0 Å². The molecular formula is C16H24F3NO2. The number of hydrogen-bond donors (Lipinski definition) is 1. The van der Waals surface area contributed by atoms with Crippen LogP contribution in [0.4, 0.5) is 13.2 Å². The number of aryl methyl sites for hydroxylation is 1. The zero-order valence-corrected chi connectivity index (χ0v) is 13.3. The largest absolute Gasteiger partial charge is 0.496 e. The summed E-state index contributed by atoms with van der Waals surface area (Å²) in [5, 5.41) is 0. The molecule has 0 amide bonds. The summed E-state index contributed by atoms with van der Waals surface area (Å²) < 4.78 is 47.2. The molecule has 1 rings (SSSR count). The summed E-state index contributed by atoms with van der Waals surface area (Å²) in [6, 6.07) is 3.68. The van der Waals surface area contributed by atoms with Crippen molar-refractivity contribution in [2.24, 2.45) is 5.73 Å². The minimum atomic E-state index is -4.09. The Labute approximate surface area is 129 Å². The third-order valence-electron chi connectivity index (χ3n) is 3.38. The molecule has 0 aliphatic carbocycles. The van der Waals surface area contributed by atoms with E-state index in [4.69, 9.17) is 15.2 Å². The summed E-state index contributed by atoms with van der Waals surface area (Å²) in [5.41, 5.74) is 7.61. The van der Waals surface area contributed by atoms with Crippen LogP contribution in [0.2, 0.25) is 0 Å². The van der Waals surface area contributed by atoms with Gasteiger partial charge in [-0.2, -0.15) is 13.2 Å². The van der Waals surface area contributed by atoms with Gasteiger partial charge in [-0.1, -0.05) is 0 Å². The fourth-order valence-electron chi connectivity index (χ4n) is 2.37. The average Bonchev–Trinajstić information content (AvgIpc) is 2.42. The van der Waals surface area contributed by atoms with Crippen LogP contribution >= 0.6 is 0 Å². The van der Waals surface area contributed by atoms with E-state index in [9.17, 15) is 13.2 Å². The second kappa shape index (κ2) is 8.27. The van der Waals surface area contributed by atoms with E-state index in [-0.39, 0.29) is 12.5 Å². The molecule has 0 aromatic heterocycles. The first-order valence-electron chi connectivity index (χ1n) is 7.33. The Balaban J connectivity index is 2.81. The third-order valence-corrected chi connectivity index (χ3v) is 3.38. The molecule has 0 spiro atoms. The van der Waals surface area contributed by atoms with Crippen molar-refractivity contribution in [1.82, 2.24) is 0 Å². The second-order valence-electron chi connectivity index (χ2n) is 5.48. The molecule has 0 saturated carbocycles. The maximum atomic E-state index is 12.2. The van der Waals surface area contributed by atoms with Crippen molar-refractivity contribution in [3.63, 3.8) is 0 Å². The molecular weight excluding hydrogens is 295 g/mol. The molecule has 0 aliphatic rings. The van der Waals surface area contributed by atoms with Gasteiger partial charge in [0.05, 0.1) is 14.2 Å². The lowest BCUT2D eigenvalue weighted by atomic mass is 9.99. The number of alkyl halides is 3. The fraction of sp³-hybridized carbons (Fsp3) is 0.625. The monoisotopic (exact) mass is 319 g/mol. The van der Waals surface area contributed by atoms with Gasteiger partial charge in [-0.25, -0.2) is 0 Å². The van der Waals surface area contributed by atoms with Crippen LogP contribution in [0.15, 0.2) is 12.1 Å². The van der Waals surface area contributed by atoms with Crippen LogP contribution in [0.5, 0.6) is 11.5 Å². The van der Waals surface area contributed by atoms with Crippen LogP contribution in [0, 0.1) is 0 Å². The molecule has 3 nitrogen and oxygen atoms in total. The number of methoxy groups -OCH3 is 2. The molecule has 1 aromatic carbocycles. The van der Waals surface area contributed by atoms with E-state index < -0.39 is 12.6 Å². The van der Waals surface area contributed by atoms with Crippen LogP contribution < -0.4 is 15.2 Å². The maximum Gasteiger partial charge on any atom is 0.389 e. The SMILES string of the molecule is COc1cc(CC(C)N)c(OC)cc1CCCCC(F)(F)F. The Morgan fingerprint density at radius 2 is 1.59 bits per heavy atom. The zero-order valence-electron chi connectivity index (χ0n) is 13.3. The minimum Gasteiger partial charge on any atom is -0.496 e. The van der Waals surface area contributed by atoms with Gasteiger partial charge < -0.3 is 15.2 Å². The van der Waals surface area contributed by atoms with E-state index in [2.05, 4.69) is 0 Å². The Kier molecular flexibility index (Phi) is 7.00. The van der Waals surface area contributed by atoms with E-state index in [1.54, 1.807) is 14.2 Å². The molecule has 1 aromatic rings. The van der Waals surface area contributed by atoms with E-state index in [1.807, 2.05) is 19.1 Å². The molecule has 0 aliphatic heterocycles. The minimum absolute atomic E-state index is 0.0174. The molecule has 1 unspecified atom stereocenters. The quantitative estimate of drug-likeness (QED) is 0.740. The Morgan fingerprint density at radius 1 is 1.05 bits per heavy atom. The first-order chi connectivity index (χ1) is 10.3. The van der Waals surface area contributed by atoms with Crippen molar-refractivity contribution in [3.8, 4) is 11.5 Å². The lowest BCUT2D eigenvalue weighted by Gasteiger charge is -2.16. The van der Waals surface area contributed by atoms with Gasteiger partial charge in [-0.3, -0.25) is 0 Å². The zero-order chi connectivity index (χ0) is 16.8. The van der Waals surface area contributed by atoms with Gasteiger partial charge in [0, 0.05) is 12.5 Å². The maximum absolute atomic E-state index is 12.2. The number of halogens is 3. The van der Waals surface area contributed by atoms with Crippen molar-refractivity contribution < 1.29 is 22.6 Å². The highest BCUT2D eigenvalue weighted by atomic mass is 19.4. The van der Waals surface area contributed by atoms with Crippen LogP contribution in [0.25, 0.3) is 0 Å². The molecule has 0 radical (unpaired) electrons. The van der Waals surface area contributed by atoms with E-state index in [0.717, 1.165) is 11.1 Å². The lowest BCUT2D eigenvalue weighted by molar-refractivity contribution is -0.135. The Hall–Kier alpha value is -1.43. The molecule has 6 heteroatoms. The van der Waals surface area contributed by atoms with Gasteiger partial charge in [0.1, 0.15) is 11.5 Å². The van der Waals surface area contributed by atoms with Gasteiger partial charge in [0.15, 0.2) is 0 Å². The van der Waals surface area contributed by atoms with Crippen molar-refractivity contribution in [2.75, 3.05) is 14.2 Å². The van der Waals surface area contributed by atoms with Gasteiger partial charge in [-0.15, -0.1) is 0 Å². The predicted octanol–water partition coefficient (Wildman–Crippen LogP) is 3.87.